The molecular formula is C23H23F6N5O. The van der Waals surface area contributed by atoms with E-state index in [4.69, 9.17) is 0 Å². The van der Waals surface area contributed by atoms with Crippen LogP contribution in [0.1, 0.15) is 59.1 Å². The summed E-state index contributed by atoms with van der Waals surface area (Å²) in [7, 11) is 0. The lowest BCUT2D eigenvalue weighted by molar-refractivity contribution is -0.141. The first kappa shape index (κ1) is 24.8. The Hall–Kier alpha value is -3.31. The van der Waals surface area contributed by atoms with Crippen LogP contribution in [-0.4, -0.2) is 25.5 Å². The van der Waals surface area contributed by atoms with Crippen LogP contribution in [0.15, 0.2) is 30.3 Å². The number of nitrogens with zero attached hydrogens (tertiary/aromatic N) is 4. The second-order valence-corrected chi connectivity index (χ2v) is 8.65. The van der Waals surface area contributed by atoms with Gasteiger partial charge < -0.3 is 5.32 Å². The number of alkyl halides is 6. The molecule has 0 unspecified atom stereocenters. The van der Waals surface area contributed by atoms with Crippen molar-refractivity contribution < 1.29 is 31.1 Å². The fraction of sp³-hybridized carbons (Fsp3) is 0.435. The molecule has 1 aliphatic carbocycles. The van der Waals surface area contributed by atoms with Crippen molar-refractivity contribution in [3.8, 4) is 0 Å². The number of anilines is 1. The van der Waals surface area contributed by atoms with Crippen molar-refractivity contribution in [2.45, 2.75) is 64.5 Å². The van der Waals surface area contributed by atoms with Crippen LogP contribution in [0.25, 0.3) is 0 Å². The SMILES string of the molecule is Cc1nn(Cc2cccc(C(F)(F)F)c2)c(C)c1NC(=O)CCn1nc(C(F)(F)F)cc1C1CC1. The van der Waals surface area contributed by atoms with Crippen LogP contribution in [0.4, 0.5) is 32.0 Å². The van der Waals surface area contributed by atoms with Gasteiger partial charge in [0.05, 0.1) is 29.2 Å². The van der Waals surface area contributed by atoms with Gasteiger partial charge in [0.2, 0.25) is 5.91 Å². The lowest BCUT2D eigenvalue weighted by atomic mass is 10.1. The van der Waals surface area contributed by atoms with Crippen molar-refractivity contribution in [2.75, 3.05) is 5.32 Å². The third-order valence-electron chi connectivity index (χ3n) is 5.88. The quantitative estimate of drug-likeness (QED) is 0.425. The standard InChI is InChI=1S/C23H23F6N5O/c1-13-21(14(2)34(31-13)12-15-4-3-5-17(10-15)22(24,25)26)30-20(35)8-9-33-18(16-6-7-16)11-19(32-33)23(27,28)29/h3-5,10-11,16H,6-9,12H2,1-2H3,(H,30,35). The van der Waals surface area contributed by atoms with E-state index < -0.39 is 29.5 Å². The van der Waals surface area contributed by atoms with Crippen LogP contribution in [0.5, 0.6) is 0 Å². The Morgan fingerprint density at radius 2 is 1.74 bits per heavy atom. The predicted octanol–water partition coefficient (Wildman–Crippen LogP) is 5.69. The molecule has 0 aliphatic heterocycles. The molecule has 1 saturated carbocycles. The van der Waals surface area contributed by atoms with Gasteiger partial charge in [-0.25, -0.2) is 0 Å². The minimum atomic E-state index is -4.56. The van der Waals surface area contributed by atoms with Gasteiger partial charge in [-0.3, -0.25) is 14.2 Å². The van der Waals surface area contributed by atoms with Gasteiger partial charge in [-0.2, -0.15) is 36.5 Å². The zero-order valence-corrected chi connectivity index (χ0v) is 19.0. The monoisotopic (exact) mass is 499 g/mol. The average molecular weight is 499 g/mol. The Labute approximate surface area is 196 Å². The number of amides is 1. The maximum atomic E-state index is 13.1. The number of carbonyl (C=O) groups is 1. The molecule has 0 bridgehead atoms. The van der Waals surface area contributed by atoms with Crippen LogP contribution >= 0.6 is 0 Å². The van der Waals surface area contributed by atoms with Gasteiger partial charge in [-0.15, -0.1) is 0 Å². The maximum absolute atomic E-state index is 13.1. The molecule has 1 amide bonds. The summed E-state index contributed by atoms with van der Waals surface area (Å²) in [5.41, 5.74) is 0.581. The van der Waals surface area contributed by atoms with Crippen molar-refractivity contribution in [1.82, 2.24) is 19.6 Å². The highest BCUT2D eigenvalue weighted by atomic mass is 19.4. The van der Waals surface area contributed by atoms with E-state index in [0.717, 1.165) is 31.0 Å². The van der Waals surface area contributed by atoms with Crippen LogP contribution in [0.2, 0.25) is 0 Å². The van der Waals surface area contributed by atoms with Gasteiger partial charge in [-0.05, 0) is 50.5 Å². The Morgan fingerprint density at radius 1 is 1.03 bits per heavy atom. The number of aryl methyl sites for hydroxylation is 2. The smallest absolute Gasteiger partial charge is 0.323 e. The molecule has 1 aliphatic rings. The van der Waals surface area contributed by atoms with E-state index >= 15 is 0 Å². The molecule has 0 atom stereocenters. The average Bonchev–Trinajstić information content (AvgIpc) is 3.46. The minimum Gasteiger partial charge on any atom is -0.323 e. The summed E-state index contributed by atoms with van der Waals surface area (Å²) in [6.45, 7) is 3.39. The van der Waals surface area contributed by atoms with Gasteiger partial charge in [0.1, 0.15) is 0 Å². The van der Waals surface area contributed by atoms with Crippen LogP contribution in [-0.2, 0) is 30.2 Å². The molecule has 0 spiro atoms. The molecule has 2 aromatic heterocycles. The Balaban J connectivity index is 1.43. The molecule has 2 heterocycles. The fourth-order valence-corrected chi connectivity index (χ4v) is 3.92. The summed E-state index contributed by atoms with van der Waals surface area (Å²) in [6, 6.07) is 5.96. The summed E-state index contributed by atoms with van der Waals surface area (Å²) in [5.74, 6) is -0.402. The highest BCUT2D eigenvalue weighted by Gasteiger charge is 2.37. The molecule has 35 heavy (non-hydrogen) atoms. The number of aromatic nitrogens is 4. The Bertz CT molecular complexity index is 1240. The molecule has 0 saturated heterocycles. The molecular weight excluding hydrogens is 476 g/mol. The van der Waals surface area contributed by atoms with Gasteiger partial charge in [0.15, 0.2) is 5.69 Å². The Morgan fingerprint density at radius 3 is 2.37 bits per heavy atom. The van der Waals surface area contributed by atoms with Crippen molar-refractivity contribution in [3.05, 3.63) is 64.2 Å². The zero-order valence-electron chi connectivity index (χ0n) is 19.0. The first-order valence-corrected chi connectivity index (χ1v) is 11.0. The summed E-state index contributed by atoms with van der Waals surface area (Å²) in [6.07, 6.45) is -7.54. The fourth-order valence-electron chi connectivity index (χ4n) is 3.92. The number of rotatable bonds is 7. The first-order valence-electron chi connectivity index (χ1n) is 11.0. The molecule has 1 aromatic carbocycles. The Kier molecular flexibility index (Phi) is 6.41. The lowest BCUT2D eigenvalue weighted by Gasteiger charge is -2.10. The van der Waals surface area contributed by atoms with E-state index in [9.17, 15) is 31.1 Å². The lowest BCUT2D eigenvalue weighted by Crippen LogP contribution is -2.17. The van der Waals surface area contributed by atoms with E-state index in [1.165, 1.54) is 15.4 Å². The summed E-state index contributed by atoms with van der Waals surface area (Å²) >= 11 is 0. The second kappa shape index (κ2) is 9.04. The number of carbonyl (C=O) groups excluding carboxylic acids is 1. The second-order valence-electron chi connectivity index (χ2n) is 8.65. The molecule has 4 rings (SSSR count). The van der Waals surface area contributed by atoms with Crippen LogP contribution in [0, 0.1) is 13.8 Å². The molecule has 188 valence electrons. The van der Waals surface area contributed by atoms with Gasteiger partial charge in [-0.1, -0.05) is 12.1 Å². The van der Waals surface area contributed by atoms with Gasteiger partial charge in [0.25, 0.3) is 0 Å². The normalized spacial score (nSPS) is 14.4. The van der Waals surface area contributed by atoms with Crippen molar-refractivity contribution >= 4 is 11.6 Å². The van der Waals surface area contributed by atoms with Crippen LogP contribution < -0.4 is 5.32 Å². The van der Waals surface area contributed by atoms with E-state index in [2.05, 4.69) is 15.5 Å². The topological polar surface area (TPSA) is 64.7 Å². The largest absolute Gasteiger partial charge is 0.435 e. The number of nitrogens with one attached hydrogen (secondary N) is 1. The minimum absolute atomic E-state index is 0.00971. The van der Waals surface area contributed by atoms with E-state index in [-0.39, 0.29) is 25.4 Å². The molecule has 1 fully saturated rings. The zero-order chi connectivity index (χ0) is 25.5. The molecule has 0 radical (unpaired) electrons. The summed E-state index contributed by atoms with van der Waals surface area (Å²) in [5, 5.41) is 10.7. The maximum Gasteiger partial charge on any atom is 0.435 e. The van der Waals surface area contributed by atoms with Gasteiger partial charge in [0, 0.05) is 24.6 Å². The van der Waals surface area contributed by atoms with E-state index in [1.54, 1.807) is 19.9 Å². The molecule has 1 N–H and O–H groups in total. The summed E-state index contributed by atoms with van der Waals surface area (Å²) < 4.78 is 80.9. The molecule has 3 aromatic rings. The van der Waals surface area contributed by atoms with E-state index in [1.807, 2.05) is 0 Å². The first-order chi connectivity index (χ1) is 16.3. The van der Waals surface area contributed by atoms with Crippen LogP contribution in [0.3, 0.4) is 0 Å². The molecule has 6 nitrogen and oxygen atoms in total. The third kappa shape index (κ3) is 5.68. The molecule has 12 heteroatoms. The summed E-state index contributed by atoms with van der Waals surface area (Å²) in [4.78, 5) is 12.6. The van der Waals surface area contributed by atoms with Crippen molar-refractivity contribution in [3.63, 3.8) is 0 Å². The van der Waals surface area contributed by atoms with Crippen molar-refractivity contribution in [1.29, 1.82) is 0 Å². The number of hydrogen-bond acceptors (Lipinski definition) is 3. The van der Waals surface area contributed by atoms with Crippen molar-refractivity contribution in [2.24, 2.45) is 0 Å². The van der Waals surface area contributed by atoms with E-state index in [0.29, 0.717) is 28.3 Å². The highest BCUT2D eigenvalue weighted by Crippen LogP contribution is 2.42. The number of halogens is 6. The predicted molar refractivity (Wildman–Crippen MR) is 115 cm³/mol. The number of hydrogen-bond donors (Lipinski definition) is 1. The third-order valence-corrected chi connectivity index (χ3v) is 5.88. The highest BCUT2D eigenvalue weighted by molar-refractivity contribution is 5.91. The van der Waals surface area contributed by atoms with Gasteiger partial charge >= 0.3 is 12.4 Å². The number of benzene rings is 1.